The van der Waals surface area contributed by atoms with Crippen molar-refractivity contribution in [2.24, 2.45) is 4.99 Å². The van der Waals surface area contributed by atoms with Gasteiger partial charge in [-0.2, -0.15) is 0 Å². The lowest BCUT2D eigenvalue weighted by Crippen LogP contribution is -2.14. The van der Waals surface area contributed by atoms with Crippen molar-refractivity contribution in [1.29, 1.82) is 0 Å². The van der Waals surface area contributed by atoms with E-state index in [-0.39, 0.29) is 0 Å². The van der Waals surface area contributed by atoms with Crippen LogP contribution in [0.15, 0.2) is 41.5 Å². The Morgan fingerprint density at radius 1 is 1.38 bits per heavy atom. The number of rotatable bonds is 5. The van der Waals surface area contributed by atoms with E-state index < -0.39 is 0 Å². The lowest BCUT2D eigenvalue weighted by molar-refractivity contribution is 0.552. The molecule has 0 fully saturated rings. The van der Waals surface area contributed by atoms with Gasteiger partial charge in [0.15, 0.2) is 0 Å². The maximum atomic E-state index is 6.30. The first-order valence-corrected chi connectivity index (χ1v) is 7.20. The molecule has 110 valence electrons. The normalized spacial score (nSPS) is 10.9. The van der Waals surface area contributed by atoms with Crippen molar-refractivity contribution in [3.8, 4) is 0 Å². The predicted molar refractivity (Wildman–Crippen MR) is 90.2 cm³/mol. The van der Waals surface area contributed by atoms with E-state index in [1.54, 1.807) is 12.5 Å². The van der Waals surface area contributed by atoms with Crippen LogP contribution in [0.25, 0.3) is 0 Å². The second-order valence-corrected chi connectivity index (χ2v) is 5.18. The predicted octanol–water partition coefficient (Wildman–Crippen LogP) is 4.40. The van der Waals surface area contributed by atoms with Crippen molar-refractivity contribution in [2.75, 3.05) is 18.9 Å². The Hall–Kier alpha value is -2.07. The van der Waals surface area contributed by atoms with Crippen molar-refractivity contribution < 1.29 is 0 Å². The van der Waals surface area contributed by atoms with Gasteiger partial charge in [-0.1, -0.05) is 17.7 Å². The highest BCUT2D eigenvalue weighted by molar-refractivity contribution is 6.33. The number of nitrogens with zero attached hydrogens (tertiary/aromatic N) is 3. The van der Waals surface area contributed by atoms with E-state index >= 15 is 0 Å². The van der Waals surface area contributed by atoms with Gasteiger partial charge in [-0.15, -0.1) is 0 Å². The highest BCUT2D eigenvalue weighted by Gasteiger charge is 2.06. The second-order valence-electron chi connectivity index (χ2n) is 4.78. The number of aryl methyl sites for hydroxylation is 1. The van der Waals surface area contributed by atoms with Gasteiger partial charge in [0.1, 0.15) is 5.82 Å². The van der Waals surface area contributed by atoms with Crippen LogP contribution in [0, 0.1) is 6.92 Å². The van der Waals surface area contributed by atoms with Crippen LogP contribution >= 0.6 is 11.6 Å². The summed E-state index contributed by atoms with van der Waals surface area (Å²) in [4.78, 5) is 10.7. The number of hydrogen-bond acceptors (Lipinski definition) is 3. The standard InChI is InChI=1S/C16H19ClN4/c1-4-21(3)11-19-15-9-12(2)14(10-13(15)17)20-16-7-5-6-8-18-16/h5-11H,4H2,1-3H3,(H,18,20). The van der Waals surface area contributed by atoms with Crippen LogP contribution < -0.4 is 5.32 Å². The zero-order valence-electron chi connectivity index (χ0n) is 12.5. The van der Waals surface area contributed by atoms with Crippen LogP contribution in [-0.4, -0.2) is 29.8 Å². The van der Waals surface area contributed by atoms with Crippen LogP contribution in [0.2, 0.25) is 5.02 Å². The molecule has 2 rings (SSSR count). The molecule has 0 aliphatic heterocycles. The van der Waals surface area contributed by atoms with Crippen molar-refractivity contribution in [2.45, 2.75) is 13.8 Å². The van der Waals surface area contributed by atoms with E-state index in [1.165, 1.54) is 0 Å². The highest BCUT2D eigenvalue weighted by Crippen LogP contribution is 2.32. The third-order valence-electron chi connectivity index (χ3n) is 3.11. The average molecular weight is 303 g/mol. The van der Waals surface area contributed by atoms with Crippen molar-refractivity contribution >= 4 is 35.1 Å². The SMILES string of the molecule is CCN(C)C=Nc1cc(C)c(Nc2ccccn2)cc1Cl. The molecule has 2 aromatic rings. The monoisotopic (exact) mass is 302 g/mol. The number of benzene rings is 1. The van der Waals surface area contributed by atoms with Gasteiger partial charge in [-0.25, -0.2) is 9.98 Å². The maximum absolute atomic E-state index is 6.30. The molecule has 0 spiro atoms. The number of aromatic nitrogens is 1. The summed E-state index contributed by atoms with van der Waals surface area (Å²) >= 11 is 6.30. The van der Waals surface area contributed by atoms with Gasteiger partial charge in [0, 0.05) is 25.5 Å². The number of hydrogen-bond donors (Lipinski definition) is 1. The van der Waals surface area contributed by atoms with E-state index in [9.17, 15) is 0 Å². The molecule has 0 amide bonds. The molecule has 0 unspecified atom stereocenters. The largest absolute Gasteiger partial charge is 0.366 e. The van der Waals surface area contributed by atoms with Crippen molar-refractivity contribution in [1.82, 2.24) is 9.88 Å². The summed E-state index contributed by atoms with van der Waals surface area (Å²) in [6.45, 7) is 4.99. The van der Waals surface area contributed by atoms with E-state index in [4.69, 9.17) is 11.6 Å². The lowest BCUT2D eigenvalue weighted by atomic mass is 10.1. The van der Waals surface area contributed by atoms with E-state index in [2.05, 4.69) is 22.2 Å². The fraction of sp³-hybridized carbons (Fsp3) is 0.250. The molecule has 0 bridgehead atoms. The Balaban J connectivity index is 2.23. The lowest BCUT2D eigenvalue weighted by Gasteiger charge is -2.12. The molecule has 1 N–H and O–H groups in total. The minimum Gasteiger partial charge on any atom is -0.366 e. The Labute approximate surface area is 130 Å². The average Bonchev–Trinajstić information content (AvgIpc) is 2.50. The third kappa shape index (κ3) is 4.20. The number of nitrogens with one attached hydrogen (secondary N) is 1. The molecule has 5 heteroatoms. The number of halogens is 1. The van der Waals surface area contributed by atoms with Crippen LogP contribution in [0.3, 0.4) is 0 Å². The zero-order valence-corrected chi connectivity index (χ0v) is 13.2. The minimum atomic E-state index is 0.611. The molecular weight excluding hydrogens is 284 g/mol. The highest BCUT2D eigenvalue weighted by atomic mass is 35.5. The molecule has 0 radical (unpaired) electrons. The molecule has 0 atom stereocenters. The second kappa shape index (κ2) is 7.09. The summed E-state index contributed by atoms with van der Waals surface area (Å²) in [6, 6.07) is 9.58. The molecule has 1 heterocycles. The van der Waals surface area contributed by atoms with Crippen molar-refractivity contribution in [3.05, 3.63) is 47.1 Å². The summed E-state index contributed by atoms with van der Waals surface area (Å²) in [5.74, 6) is 0.790. The van der Waals surface area contributed by atoms with Gasteiger partial charge in [-0.05, 0) is 43.7 Å². The fourth-order valence-corrected chi connectivity index (χ4v) is 1.93. The van der Waals surface area contributed by atoms with Gasteiger partial charge in [0.05, 0.1) is 17.0 Å². The Kier molecular flexibility index (Phi) is 5.17. The first kappa shape index (κ1) is 15.3. The van der Waals surface area contributed by atoms with Gasteiger partial charge >= 0.3 is 0 Å². The molecule has 0 saturated carbocycles. The van der Waals surface area contributed by atoms with Gasteiger partial charge in [-0.3, -0.25) is 0 Å². The van der Waals surface area contributed by atoms with Crippen LogP contribution in [0.4, 0.5) is 17.2 Å². The van der Waals surface area contributed by atoms with Gasteiger partial charge in [0.2, 0.25) is 0 Å². The topological polar surface area (TPSA) is 40.5 Å². The van der Waals surface area contributed by atoms with E-state index in [1.807, 2.05) is 49.2 Å². The quantitative estimate of drug-likeness (QED) is 0.657. The molecule has 0 aliphatic rings. The summed E-state index contributed by atoms with van der Waals surface area (Å²) in [7, 11) is 1.97. The van der Waals surface area contributed by atoms with Gasteiger partial charge in [0.25, 0.3) is 0 Å². The fourth-order valence-electron chi connectivity index (χ4n) is 1.72. The smallest absolute Gasteiger partial charge is 0.130 e. The van der Waals surface area contributed by atoms with Crippen LogP contribution in [0.1, 0.15) is 12.5 Å². The third-order valence-corrected chi connectivity index (χ3v) is 3.42. The van der Waals surface area contributed by atoms with E-state index in [0.717, 1.165) is 29.3 Å². The molecule has 1 aromatic carbocycles. The summed E-state index contributed by atoms with van der Waals surface area (Å²) in [5.41, 5.74) is 2.76. The summed E-state index contributed by atoms with van der Waals surface area (Å²) < 4.78 is 0. The first-order chi connectivity index (χ1) is 10.1. The molecule has 21 heavy (non-hydrogen) atoms. The van der Waals surface area contributed by atoms with E-state index in [0.29, 0.717) is 5.02 Å². The molecule has 4 nitrogen and oxygen atoms in total. The van der Waals surface area contributed by atoms with Crippen LogP contribution in [-0.2, 0) is 0 Å². The Morgan fingerprint density at radius 2 is 2.19 bits per heavy atom. The number of anilines is 2. The Morgan fingerprint density at radius 3 is 2.86 bits per heavy atom. The summed E-state index contributed by atoms with van der Waals surface area (Å²) in [6.07, 6.45) is 3.53. The number of pyridine rings is 1. The van der Waals surface area contributed by atoms with Crippen molar-refractivity contribution in [3.63, 3.8) is 0 Å². The molecular formula is C16H19ClN4. The van der Waals surface area contributed by atoms with Gasteiger partial charge < -0.3 is 10.2 Å². The zero-order chi connectivity index (χ0) is 15.2. The minimum absolute atomic E-state index is 0.611. The first-order valence-electron chi connectivity index (χ1n) is 6.82. The van der Waals surface area contributed by atoms with Crippen LogP contribution in [0.5, 0.6) is 0 Å². The molecule has 0 aliphatic carbocycles. The molecule has 0 saturated heterocycles. The Bertz CT molecular complexity index is 626. The maximum Gasteiger partial charge on any atom is 0.130 e. The number of aliphatic imine (C=N–C) groups is 1. The summed E-state index contributed by atoms with van der Waals surface area (Å²) in [5, 5.41) is 3.87. The molecule has 1 aromatic heterocycles.